The third-order valence-corrected chi connectivity index (χ3v) is 4.61. The fourth-order valence-corrected chi connectivity index (χ4v) is 3.37. The molecule has 0 saturated heterocycles. The minimum absolute atomic E-state index is 0.115. The first-order valence-corrected chi connectivity index (χ1v) is 9.60. The molecule has 0 N–H and O–H groups in total. The standard InChI is InChI=1S/C21H35FO2/c1-5-8-9-10-11-12-13-20(18-14-16-19(22)17-15-18)21(4,23-6-2)24-7-3/h14-17,20H,5-13H2,1-4H3. The summed E-state index contributed by atoms with van der Waals surface area (Å²) in [6.07, 6.45) is 8.54. The molecule has 1 unspecified atom stereocenters. The third-order valence-electron chi connectivity index (χ3n) is 4.61. The zero-order valence-corrected chi connectivity index (χ0v) is 15.9. The van der Waals surface area contributed by atoms with E-state index in [2.05, 4.69) is 6.92 Å². The van der Waals surface area contributed by atoms with E-state index >= 15 is 0 Å². The van der Waals surface area contributed by atoms with Gasteiger partial charge in [-0.25, -0.2) is 4.39 Å². The Morgan fingerprint density at radius 2 is 1.42 bits per heavy atom. The van der Waals surface area contributed by atoms with Gasteiger partial charge < -0.3 is 9.47 Å². The molecule has 0 radical (unpaired) electrons. The third kappa shape index (κ3) is 6.90. The Bertz CT molecular complexity index is 424. The summed E-state index contributed by atoms with van der Waals surface area (Å²) in [6.45, 7) is 9.44. The molecule has 1 rings (SSSR count). The first-order valence-electron chi connectivity index (χ1n) is 9.60. The van der Waals surface area contributed by atoms with E-state index in [1.807, 2.05) is 32.9 Å². The van der Waals surface area contributed by atoms with Gasteiger partial charge in [-0.3, -0.25) is 0 Å². The van der Waals surface area contributed by atoms with Crippen molar-refractivity contribution in [3.8, 4) is 0 Å². The zero-order chi connectivity index (χ0) is 17.8. The molecular formula is C21H35FO2. The van der Waals surface area contributed by atoms with Crippen LogP contribution in [0.25, 0.3) is 0 Å². The van der Waals surface area contributed by atoms with Crippen LogP contribution in [0.5, 0.6) is 0 Å². The predicted octanol–water partition coefficient (Wildman–Crippen LogP) is 6.45. The van der Waals surface area contributed by atoms with Crippen molar-refractivity contribution in [3.05, 3.63) is 35.6 Å². The van der Waals surface area contributed by atoms with Crippen LogP contribution in [0.15, 0.2) is 24.3 Å². The van der Waals surface area contributed by atoms with Crippen LogP contribution in [0, 0.1) is 5.82 Å². The SMILES string of the molecule is CCCCCCCCC(c1ccc(F)cc1)C(C)(OCC)OCC. The number of hydrogen-bond acceptors (Lipinski definition) is 2. The summed E-state index contributed by atoms with van der Waals surface area (Å²) >= 11 is 0. The quantitative estimate of drug-likeness (QED) is 0.304. The zero-order valence-electron chi connectivity index (χ0n) is 15.9. The fraction of sp³-hybridized carbons (Fsp3) is 0.714. The van der Waals surface area contributed by atoms with Gasteiger partial charge in [-0.1, -0.05) is 57.6 Å². The molecule has 0 bridgehead atoms. The molecule has 1 atom stereocenters. The average Bonchev–Trinajstić information content (AvgIpc) is 2.56. The molecule has 1 aromatic rings. The van der Waals surface area contributed by atoms with Gasteiger partial charge in [-0.05, 0) is 44.9 Å². The van der Waals surface area contributed by atoms with Crippen LogP contribution in [-0.2, 0) is 9.47 Å². The molecular weight excluding hydrogens is 303 g/mol. The smallest absolute Gasteiger partial charge is 0.172 e. The Hall–Kier alpha value is -0.930. The van der Waals surface area contributed by atoms with Crippen molar-refractivity contribution in [1.29, 1.82) is 0 Å². The van der Waals surface area contributed by atoms with Gasteiger partial charge in [0.05, 0.1) is 0 Å². The lowest BCUT2D eigenvalue weighted by atomic mass is 9.86. The van der Waals surface area contributed by atoms with E-state index in [1.165, 1.54) is 44.2 Å². The highest BCUT2D eigenvalue weighted by Gasteiger charge is 2.36. The molecule has 0 spiro atoms. The van der Waals surface area contributed by atoms with Gasteiger partial charge in [0, 0.05) is 19.1 Å². The Kier molecular flexibility index (Phi) is 10.2. The second-order valence-corrected chi connectivity index (χ2v) is 6.54. The second-order valence-electron chi connectivity index (χ2n) is 6.54. The molecule has 0 aliphatic rings. The van der Waals surface area contributed by atoms with Gasteiger partial charge in [-0.15, -0.1) is 0 Å². The molecule has 3 heteroatoms. The van der Waals surface area contributed by atoms with Crippen LogP contribution in [0.3, 0.4) is 0 Å². The van der Waals surface area contributed by atoms with Crippen LogP contribution in [0.1, 0.15) is 84.1 Å². The Labute approximate surface area is 147 Å². The molecule has 0 fully saturated rings. The number of halogens is 1. The van der Waals surface area contributed by atoms with Crippen LogP contribution in [0.4, 0.5) is 4.39 Å². The topological polar surface area (TPSA) is 18.5 Å². The summed E-state index contributed by atoms with van der Waals surface area (Å²) < 4.78 is 25.3. The minimum atomic E-state index is -0.662. The number of hydrogen-bond donors (Lipinski definition) is 0. The second kappa shape index (κ2) is 11.6. The lowest BCUT2D eigenvalue weighted by molar-refractivity contribution is -0.236. The summed E-state index contributed by atoms with van der Waals surface area (Å²) in [5, 5.41) is 0. The molecule has 24 heavy (non-hydrogen) atoms. The number of unbranched alkanes of at least 4 members (excludes halogenated alkanes) is 5. The maximum Gasteiger partial charge on any atom is 0.172 e. The maximum atomic E-state index is 13.3. The van der Waals surface area contributed by atoms with E-state index < -0.39 is 5.79 Å². The summed E-state index contributed by atoms with van der Waals surface area (Å²) in [5.74, 6) is -0.749. The van der Waals surface area contributed by atoms with E-state index in [1.54, 1.807) is 0 Å². The van der Waals surface area contributed by atoms with Crippen molar-refractivity contribution in [1.82, 2.24) is 0 Å². The van der Waals surface area contributed by atoms with Crippen LogP contribution >= 0.6 is 0 Å². The van der Waals surface area contributed by atoms with Crippen molar-refractivity contribution in [3.63, 3.8) is 0 Å². The van der Waals surface area contributed by atoms with Crippen LogP contribution in [0.2, 0.25) is 0 Å². The first-order chi connectivity index (χ1) is 11.6. The maximum absolute atomic E-state index is 13.3. The molecule has 0 aliphatic heterocycles. The lowest BCUT2D eigenvalue weighted by Crippen LogP contribution is -2.39. The van der Waals surface area contributed by atoms with Crippen molar-refractivity contribution in [2.24, 2.45) is 0 Å². The molecule has 0 heterocycles. The molecule has 2 nitrogen and oxygen atoms in total. The summed E-state index contributed by atoms with van der Waals surface area (Å²) in [4.78, 5) is 0. The van der Waals surface area contributed by atoms with Crippen LogP contribution < -0.4 is 0 Å². The molecule has 0 amide bonds. The summed E-state index contributed by atoms with van der Waals surface area (Å²) in [5.41, 5.74) is 1.09. The highest BCUT2D eigenvalue weighted by atomic mass is 19.1. The fourth-order valence-electron chi connectivity index (χ4n) is 3.37. The summed E-state index contributed by atoms with van der Waals surface area (Å²) in [6, 6.07) is 6.80. The number of benzene rings is 1. The van der Waals surface area contributed by atoms with Crippen molar-refractivity contribution >= 4 is 0 Å². The molecule has 0 saturated carbocycles. The molecule has 0 aliphatic carbocycles. The van der Waals surface area contributed by atoms with Gasteiger partial charge in [0.15, 0.2) is 5.79 Å². The van der Waals surface area contributed by atoms with Gasteiger partial charge >= 0.3 is 0 Å². The molecule has 1 aromatic carbocycles. The van der Waals surface area contributed by atoms with Gasteiger partial charge in [0.2, 0.25) is 0 Å². The van der Waals surface area contributed by atoms with Gasteiger partial charge in [0.25, 0.3) is 0 Å². The average molecular weight is 339 g/mol. The normalized spacial score (nSPS) is 13.2. The summed E-state index contributed by atoms with van der Waals surface area (Å²) in [7, 11) is 0. The molecule has 0 aromatic heterocycles. The Balaban J connectivity index is 2.80. The van der Waals surface area contributed by atoms with E-state index in [4.69, 9.17) is 9.47 Å². The number of ether oxygens (including phenoxy) is 2. The van der Waals surface area contributed by atoms with E-state index in [0.29, 0.717) is 13.2 Å². The largest absolute Gasteiger partial charge is 0.350 e. The Morgan fingerprint density at radius 3 is 1.96 bits per heavy atom. The minimum Gasteiger partial charge on any atom is -0.350 e. The van der Waals surface area contributed by atoms with Crippen molar-refractivity contribution < 1.29 is 13.9 Å². The predicted molar refractivity (Wildman–Crippen MR) is 98.8 cm³/mol. The van der Waals surface area contributed by atoms with Crippen LogP contribution in [-0.4, -0.2) is 19.0 Å². The highest BCUT2D eigenvalue weighted by molar-refractivity contribution is 5.22. The van der Waals surface area contributed by atoms with Crippen molar-refractivity contribution in [2.45, 2.75) is 84.3 Å². The van der Waals surface area contributed by atoms with Gasteiger partial charge in [-0.2, -0.15) is 0 Å². The van der Waals surface area contributed by atoms with E-state index in [-0.39, 0.29) is 11.7 Å². The number of rotatable bonds is 13. The van der Waals surface area contributed by atoms with E-state index in [0.717, 1.165) is 18.4 Å². The van der Waals surface area contributed by atoms with Crippen molar-refractivity contribution in [2.75, 3.05) is 13.2 Å². The monoisotopic (exact) mass is 338 g/mol. The first kappa shape index (κ1) is 21.1. The Morgan fingerprint density at radius 1 is 0.875 bits per heavy atom. The highest BCUT2D eigenvalue weighted by Crippen LogP contribution is 2.37. The van der Waals surface area contributed by atoms with E-state index in [9.17, 15) is 4.39 Å². The molecule has 138 valence electrons. The lowest BCUT2D eigenvalue weighted by Gasteiger charge is -2.37. The van der Waals surface area contributed by atoms with Gasteiger partial charge in [0.1, 0.15) is 5.82 Å².